The van der Waals surface area contributed by atoms with Gasteiger partial charge in [-0.15, -0.1) is 12.4 Å². The van der Waals surface area contributed by atoms with Gasteiger partial charge < -0.3 is 20.7 Å². The molecule has 0 aromatic heterocycles. The number of nitrogens with two attached hydrogens (primary N) is 1. The number of carbonyl (C=O) groups excluding carboxylic acids is 2. The lowest BCUT2D eigenvalue weighted by Gasteiger charge is -2.36. The fraction of sp³-hybridized carbons (Fsp3) is 0.556. The molecule has 1 aromatic carbocycles. The first-order valence-electron chi connectivity index (χ1n) is 8.55. The summed E-state index contributed by atoms with van der Waals surface area (Å²) in [5.41, 5.74) is 7.31. The zero-order valence-corrected chi connectivity index (χ0v) is 15.3. The molecule has 3 N–H and O–H groups in total. The predicted molar refractivity (Wildman–Crippen MR) is 98.9 cm³/mol. The number of piperidine rings is 1. The normalized spacial score (nSPS) is 22.9. The highest BCUT2D eigenvalue weighted by Crippen LogP contribution is 2.23. The van der Waals surface area contributed by atoms with E-state index in [0.717, 1.165) is 17.7 Å². The molecule has 0 aliphatic carbocycles. The van der Waals surface area contributed by atoms with Crippen LogP contribution in [0.3, 0.4) is 0 Å². The van der Waals surface area contributed by atoms with Gasteiger partial charge in [0.25, 0.3) is 0 Å². The van der Waals surface area contributed by atoms with Gasteiger partial charge in [-0.3, -0.25) is 9.59 Å². The minimum absolute atomic E-state index is 0. The van der Waals surface area contributed by atoms with E-state index in [1.165, 1.54) is 0 Å². The average Bonchev–Trinajstić information content (AvgIpc) is 2.58. The minimum Gasteiger partial charge on any atom is -0.381 e. The van der Waals surface area contributed by atoms with E-state index in [4.69, 9.17) is 10.5 Å². The van der Waals surface area contributed by atoms with Gasteiger partial charge in [0, 0.05) is 25.4 Å². The molecule has 2 amide bonds. The molecule has 6 nitrogen and oxygen atoms in total. The summed E-state index contributed by atoms with van der Waals surface area (Å²) in [6.07, 6.45) is 2.48. The average molecular weight is 368 g/mol. The first-order chi connectivity index (χ1) is 11.5. The SMILES string of the molecule is Cc1ccc(N2CCCC(NC(=O)C3(N)CCOCC3)C2=O)cc1.Cl. The van der Waals surface area contributed by atoms with Crippen LogP contribution < -0.4 is 16.0 Å². The summed E-state index contributed by atoms with van der Waals surface area (Å²) in [7, 11) is 0. The van der Waals surface area contributed by atoms with E-state index in [9.17, 15) is 9.59 Å². The second-order valence-corrected chi connectivity index (χ2v) is 6.76. The molecule has 0 radical (unpaired) electrons. The zero-order valence-electron chi connectivity index (χ0n) is 14.5. The summed E-state index contributed by atoms with van der Waals surface area (Å²) >= 11 is 0. The lowest BCUT2D eigenvalue weighted by molar-refractivity contribution is -0.134. The maximum Gasteiger partial charge on any atom is 0.249 e. The molecule has 1 unspecified atom stereocenters. The Labute approximate surface area is 154 Å². The monoisotopic (exact) mass is 367 g/mol. The Morgan fingerprint density at radius 2 is 1.92 bits per heavy atom. The van der Waals surface area contributed by atoms with Crippen molar-refractivity contribution >= 4 is 29.9 Å². The molecule has 2 fully saturated rings. The highest BCUT2D eigenvalue weighted by Gasteiger charge is 2.39. The van der Waals surface area contributed by atoms with Crippen molar-refractivity contribution in [3.63, 3.8) is 0 Å². The molecule has 0 spiro atoms. The van der Waals surface area contributed by atoms with Crippen LogP contribution in [0.2, 0.25) is 0 Å². The first-order valence-corrected chi connectivity index (χ1v) is 8.55. The quantitative estimate of drug-likeness (QED) is 0.848. The van der Waals surface area contributed by atoms with Gasteiger partial charge in [-0.05, 0) is 44.7 Å². The molecule has 1 atom stereocenters. The maximum atomic E-state index is 12.8. The topological polar surface area (TPSA) is 84.7 Å². The Balaban J connectivity index is 0.00000225. The second kappa shape index (κ2) is 8.17. The summed E-state index contributed by atoms with van der Waals surface area (Å²) in [5.74, 6) is -0.302. The highest BCUT2D eigenvalue weighted by atomic mass is 35.5. The molecule has 3 rings (SSSR count). The van der Waals surface area contributed by atoms with Crippen molar-refractivity contribution in [1.29, 1.82) is 0 Å². The number of nitrogens with one attached hydrogen (secondary N) is 1. The molecule has 7 heteroatoms. The number of aryl methyl sites for hydroxylation is 1. The fourth-order valence-electron chi connectivity index (χ4n) is 3.25. The van der Waals surface area contributed by atoms with Gasteiger partial charge in [-0.1, -0.05) is 17.7 Å². The third-order valence-corrected chi connectivity index (χ3v) is 4.93. The van der Waals surface area contributed by atoms with Crippen LogP contribution in [-0.4, -0.2) is 43.2 Å². The zero-order chi connectivity index (χ0) is 17.2. The Kier molecular flexibility index (Phi) is 6.43. The van der Waals surface area contributed by atoms with Crippen LogP contribution in [0.15, 0.2) is 24.3 Å². The van der Waals surface area contributed by atoms with Crippen molar-refractivity contribution in [3.8, 4) is 0 Å². The number of carbonyl (C=O) groups is 2. The van der Waals surface area contributed by atoms with Gasteiger partial charge in [-0.25, -0.2) is 0 Å². The van der Waals surface area contributed by atoms with Crippen molar-refractivity contribution in [3.05, 3.63) is 29.8 Å². The lowest BCUT2D eigenvalue weighted by Crippen LogP contribution is -2.62. The van der Waals surface area contributed by atoms with E-state index in [2.05, 4.69) is 5.32 Å². The summed E-state index contributed by atoms with van der Waals surface area (Å²) in [6, 6.07) is 7.36. The third kappa shape index (κ3) is 4.32. The number of anilines is 1. The molecular weight excluding hydrogens is 342 g/mol. The molecule has 2 heterocycles. The third-order valence-electron chi connectivity index (χ3n) is 4.93. The molecule has 138 valence electrons. The number of benzene rings is 1. The molecule has 0 bridgehead atoms. The number of hydrogen-bond acceptors (Lipinski definition) is 4. The van der Waals surface area contributed by atoms with Crippen molar-refractivity contribution in [2.24, 2.45) is 5.73 Å². The predicted octanol–water partition coefficient (Wildman–Crippen LogP) is 1.54. The summed E-state index contributed by atoms with van der Waals surface area (Å²) < 4.78 is 5.28. The lowest BCUT2D eigenvalue weighted by atomic mass is 9.89. The molecular formula is C18H26ClN3O3. The Morgan fingerprint density at radius 3 is 2.56 bits per heavy atom. The van der Waals surface area contributed by atoms with Crippen LogP contribution in [0, 0.1) is 6.92 Å². The van der Waals surface area contributed by atoms with Crippen LogP contribution in [0.5, 0.6) is 0 Å². The van der Waals surface area contributed by atoms with Gasteiger partial charge in [0.1, 0.15) is 6.04 Å². The van der Waals surface area contributed by atoms with E-state index < -0.39 is 11.6 Å². The molecule has 25 heavy (non-hydrogen) atoms. The van der Waals surface area contributed by atoms with Crippen LogP contribution in [0.25, 0.3) is 0 Å². The summed E-state index contributed by atoms with van der Waals surface area (Å²) in [4.78, 5) is 27.1. The van der Waals surface area contributed by atoms with Gasteiger partial charge in [0.2, 0.25) is 11.8 Å². The highest BCUT2D eigenvalue weighted by molar-refractivity contribution is 6.01. The van der Waals surface area contributed by atoms with Crippen molar-refractivity contribution in [2.45, 2.75) is 44.2 Å². The number of rotatable bonds is 3. The Hall–Kier alpha value is -1.63. The first kappa shape index (κ1) is 19.7. The Bertz CT molecular complexity index is 614. The van der Waals surface area contributed by atoms with Gasteiger partial charge in [0.05, 0.1) is 5.54 Å². The van der Waals surface area contributed by atoms with E-state index >= 15 is 0 Å². The minimum atomic E-state index is -0.926. The van der Waals surface area contributed by atoms with E-state index in [0.29, 0.717) is 39.0 Å². The van der Waals surface area contributed by atoms with Crippen molar-refractivity contribution < 1.29 is 14.3 Å². The summed E-state index contributed by atoms with van der Waals surface area (Å²) in [6.45, 7) is 3.66. The Morgan fingerprint density at radius 1 is 1.28 bits per heavy atom. The molecule has 2 aliphatic heterocycles. The van der Waals surface area contributed by atoms with E-state index in [-0.39, 0.29) is 24.2 Å². The molecule has 0 saturated carbocycles. The standard InChI is InChI=1S/C18H25N3O3.ClH/c1-13-4-6-14(7-5-13)21-10-2-3-15(16(21)22)20-17(23)18(19)8-11-24-12-9-18;/h4-7,15H,2-3,8-12,19H2,1H3,(H,20,23);1H. The fourth-order valence-corrected chi connectivity index (χ4v) is 3.25. The van der Waals surface area contributed by atoms with E-state index in [1.54, 1.807) is 4.90 Å². The van der Waals surface area contributed by atoms with Crippen LogP contribution in [-0.2, 0) is 14.3 Å². The van der Waals surface area contributed by atoms with Gasteiger partial charge in [-0.2, -0.15) is 0 Å². The number of amides is 2. The number of halogens is 1. The molecule has 2 aliphatic rings. The molecule has 2 saturated heterocycles. The largest absolute Gasteiger partial charge is 0.381 e. The number of ether oxygens (including phenoxy) is 1. The second-order valence-electron chi connectivity index (χ2n) is 6.76. The van der Waals surface area contributed by atoms with Crippen LogP contribution in [0.1, 0.15) is 31.2 Å². The van der Waals surface area contributed by atoms with Crippen LogP contribution >= 0.6 is 12.4 Å². The summed E-state index contributed by atoms with van der Waals surface area (Å²) in [5, 5.41) is 2.88. The maximum absolute atomic E-state index is 12.8. The smallest absolute Gasteiger partial charge is 0.249 e. The van der Waals surface area contributed by atoms with E-state index in [1.807, 2.05) is 31.2 Å². The molecule has 1 aromatic rings. The number of hydrogen-bond donors (Lipinski definition) is 2. The number of nitrogens with zero attached hydrogens (tertiary/aromatic N) is 1. The van der Waals surface area contributed by atoms with Gasteiger partial charge >= 0.3 is 0 Å². The van der Waals surface area contributed by atoms with Gasteiger partial charge in [0.15, 0.2) is 0 Å². The van der Waals surface area contributed by atoms with Crippen molar-refractivity contribution in [1.82, 2.24) is 5.32 Å². The van der Waals surface area contributed by atoms with Crippen molar-refractivity contribution in [2.75, 3.05) is 24.7 Å². The van der Waals surface area contributed by atoms with Crippen LogP contribution in [0.4, 0.5) is 5.69 Å².